The van der Waals surface area contributed by atoms with Crippen molar-refractivity contribution in [3.8, 4) is 0 Å². The summed E-state index contributed by atoms with van der Waals surface area (Å²) < 4.78 is 1.98. The number of nitrogens with one attached hydrogen (secondary N) is 1. The normalized spacial score (nSPS) is 10.4. The van der Waals surface area contributed by atoms with Crippen molar-refractivity contribution in [3.63, 3.8) is 0 Å². The predicted molar refractivity (Wildman–Crippen MR) is 90.5 cm³/mol. The Labute approximate surface area is 142 Å². The number of carbonyl (C=O) groups is 2. The van der Waals surface area contributed by atoms with Gasteiger partial charge in [-0.1, -0.05) is 0 Å². The van der Waals surface area contributed by atoms with Gasteiger partial charge in [0.25, 0.3) is 0 Å². The second-order valence-electron chi connectivity index (χ2n) is 4.22. The van der Waals surface area contributed by atoms with Crippen LogP contribution < -0.4 is 16.8 Å². The summed E-state index contributed by atoms with van der Waals surface area (Å²) in [5.41, 5.74) is 11.6. The number of anilines is 1. The molecule has 0 aliphatic rings. The van der Waals surface area contributed by atoms with Gasteiger partial charge in [0.15, 0.2) is 0 Å². The molecule has 1 heterocycles. The van der Waals surface area contributed by atoms with E-state index >= 15 is 0 Å². The van der Waals surface area contributed by atoms with Crippen LogP contribution in [-0.2, 0) is 6.54 Å². The summed E-state index contributed by atoms with van der Waals surface area (Å²) in [4.78, 5) is 23.6. The predicted octanol–water partition coefficient (Wildman–Crippen LogP) is 3.08. The third-order valence-electron chi connectivity index (χ3n) is 2.66. The fourth-order valence-corrected chi connectivity index (χ4v) is 3.80. The van der Waals surface area contributed by atoms with Gasteiger partial charge in [-0.05, 0) is 56.1 Å². The van der Waals surface area contributed by atoms with Crippen LogP contribution in [0.1, 0.15) is 25.6 Å². The van der Waals surface area contributed by atoms with Gasteiger partial charge >= 0.3 is 0 Å². The van der Waals surface area contributed by atoms with Crippen LogP contribution in [0.4, 0.5) is 5.69 Å². The zero-order chi connectivity index (χ0) is 15.6. The number of nitrogens with two attached hydrogens (primary N) is 2. The van der Waals surface area contributed by atoms with Crippen LogP contribution in [0.5, 0.6) is 0 Å². The number of primary amides is 2. The first-order valence-electron chi connectivity index (χ1n) is 5.79. The number of halogens is 2. The third-order valence-corrected chi connectivity index (χ3v) is 5.92. The Bertz CT molecular complexity index is 664. The molecule has 0 spiro atoms. The number of carbonyl (C=O) groups excluding carboxylic acids is 2. The quantitative estimate of drug-likeness (QED) is 0.676. The van der Waals surface area contributed by atoms with Gasteiger partial charge in [-0.3, -0.25) is 9.59 Å². The number of rotatable bonds is 5. The summed E-state index contributed by atoms with van der Waals surface area (Å²) in [7, 11) is 0. The van der Waals surface area contributed by atoms with E-state index in [-0.39, 0.29) is 11.1 Å². The maximum atomic E-state index is 11.3. The largest absolute Gasteiger partial charge is 0.380 e. The zero-order valence-corrected chi connectivity index (χ0v) is 14.6. The summed E-state index contributed by atoms with van der Waals surface area (Å²) in [5, 5.41) is 3.15. The van der Waals surface area contributed by atoms with Gasteiger partial charge in [-0.25, -0.2) is 0 Å². The van der Waals surface area contributed by atoms with Crippen molar-refractivity contribution in [1.29, 1.82) is 0 Å². The van der Waals surface area contributed by atoms with Gasteiger partial charge in [0, 0.05) is 32.7 Å². The Morgan fingerprint density at radius 1 is 1.05 bits per heavy atom. The number of hydrogen-bond acceptors (Lipinski definition) is 4. The number of benzene rings is 1. The second kappa shape index (κ2) is 6.59. The highest BCUT2D eigenvalue weighted by molar-refractivity contribution is 9.13. The minimum atomic E-state index is -0.609. The molecule has 0 aliphatic heterocycles. The zero-order valence-electron chi connectivity index (χ0n) is 10.7. The van der Waals surface area contributed by atoms with Crippen molar-refractivity contribution < 1.29 is 9.59 Å². The van der Waals surface area contributed by atoms with Crippen LogP contribution in [0.2, 0.25) is 0 Å². The van der Waals surface area contributed by atoms with Crippen molar-refractivity contribution in [2.75, 3.05) is 5.32 Å². The minimum Gasteiger partial charge on any atom is -0.380 e. The average molecular weight is 433 g/mol. The third kappa shape index (κ3) is 4.05. The van der Waals surface area contributed by atoms with Crippen LogP contribution in [0.25, 0.3) is 0 Å². The summed E-state index contributed by atoms with van der Waals surface area (Å²) in [5.74, 6) is -1.22. The lowest BCUT2D eigenvalue weighted by Gasteiger charge is -2.08. The molecular weight excluding hydrogens is 422 g/mol. The highest BCUT2D eigenvalue weighted by Gasteiger charge is 2.10. The molecule has 1 aromatic heterocycles. The fourth-order valence-electron chi connectivity index (χ4n) is 1.68. The highest BCUT2D eigenvalue weighted by atomic mass is 79.9. The van der Waals surface area contributed by atoms with Crippen LogP contribution in [0.15, 0.2) is 32.5 Å². The molecule has 0 saturated heterocycles. The van der Waals surface area contributed by atoms with Gasteiger partial charge in [0.05, 0.1) is 3.79 Å². The molecule has 0 aliphatic carbocycles. The van der Waals surface area contributed by atoms with E-state index in [1.165, 1.54) is 6.07 Å². The van der Waals surface area contributed by atoms with Gasteiger partial charge < -0.3 is 16.8 Å². The maximum Gasteiger partial charge on any atom is 0.248 e. The molecular formula is C13H11Br2N3O2S. The monoisotopic (exact) mass is 431 g/mol. The molecule has 0 saturated carbocycles. The summed E-state index contributed by atoms with van der Waals surface area (Å²) in [6.07, 6.45) is 0. The van der Waals surface area contributed by atoms with E-state index in [4.69, 9.17) is 11.5 Å². The van der Waals surface area contributed by atoms with Crippen molar-refractivity contribution >= 4 is 60.7 Å². The SMILES string of the molecule is NC(=O)c1cc(NCc2cc(Br)c(Br)s2)cc(C(N)=O)c1. The topological polar surface area (TPSA) is 98.2 Å². The van der Waals surface area contributed by atoms with Gasteiger partial charge in [-0.15, -0.1) is 11.3 Å². The lowest BCUT2D eigenvalue weighted by atomic mass is 10.1. The van der Waals surface area contributed by atoms with Crippen LogP contribution in [-0.4, -0.2) is 11.8 Å². The molecule has 0 fully saturated rings. The molecule has 0 atom stereocenters. The first-order valence-corrected chi connectivity index (χ1v) is 8.19. The molecule has 2 amide bonds. The minimum absolute atomic E-state index is 0.238. The van der Waals surface area contributed by atoms with E-state index in [0.29, 0.717) is 12.2 Å². The fraction of sp³-hybridized carbons (Fsp3) is 0.0769. The summed E-state index contributed by atoms with van der Waals surface area (Å²) in [6, 6.07) is 6.54. The molecule has 21 heavy (non-hydrogen) atoms. The molecule has 1 aromatic carbocycles. The highest BCUT2D eigenvalue weighted by Crippen LogP contribution is 2.32. The molecule has 2 aromatic rings. The van der Waals surface area contributed by atoms with E-state index in [0.717, 1.165) is 13.1 Å². The molecule has 0 bridgehead atoms. The number of hydrogen-bond donors (Lipinski definition) is 3. The Balaban J connectivity index is 2.22. The Morgan fingerprint density at radius 3 is 2.05 bits per heavy atom. The van der Waals surface area contributed by atoms with E-state index in [1.54, 1.807) is 23.5 Å². The van der Waals surface area contributed by atoms with Crippen molar-refractivity contribution in [2.45, 2.75) is 6.54 Å². The van der Waals surface area contributed by atoms with Crippen LogP contribution >= 0.6 is 43.2 Å². The summed E-state index contributed by atoms with van der Waals surface area (Å²) >= 11 is 8.42. The second-order valence-corrected chi connectivity index (χ2v) is 7.52. The van der Waals surface area contributed by atoms with E-state index in [9.17, 15) is 9.59 Å². The van der Waals surface area contributed by atoms with Crippen LogP contribution in [0.3, 0.4) is 0 Å². The van der Waals surface area contributed by atoms with Gasteiger partial charge in [0.1, 0.15) is 0 Å². The first-order chi connectivity index (χ1) is 9.86. The smallest absolute Gasteiger partial charge is 0.248 e. The molecule has 2 rings (SSSR count). The van der Waals surface area contributed by atoms with Crippen molar-refractivity contribution in [1.82, 2.24) is 0 Å². The molecule has 0 radical (unpaired) electrons. The van der Waals surface area contributed by atoms with E-state index in [2.05, 4.69) is 37.2 Å². The maximum absolute atomic E-state index is 11.3. The Hall–Kier alpha value is -1.38. The molecule has 8 heteroatoms. The standard InChI is InChI=1S/C13H11Br2N3O2S/c14-10-4-9(21-11(10)15)5-18-8-2-6(12(16)19)1-7(3-8)13(17)20/h1-4,18H,5H2,(H2,16,19)(H2,17,20). The van der Waals surface area contributed by atoms with Crippen molar-refractivity contribution in [3.05, 3.63) is 48.5 Å². The summed E-state index contributed by atoms with van der Waals surface area (Å²) in [6.45, 7) is 0.551. The molecule has 0 unspecified atom stereocenters. The molecule has 110 valence electrons. The van der Waals surface area contributed by atoms with E-state index < -0.39 is 11.8 Å². The first kappa shape index (κ1) is 16.0. The average Bonchev–Trinajstić information content (AvgIpc) is 2.75. The van der Waals surface area contributed by atoms with Gasteiger partial charge in [-0.2, -0.15) is 0 Å². The van der Waals surface area contributed by atoms with Gasteiger partial charge in [0.2, 0.25) is 11.8 Å². The van der Waals surface area contributed by atoms with E-state index in [1.807, 2.05) is 6.07 Å². The van der Waals surface area contributed by atoms with Crippen LogP contribution in [0, 0.1) is 0 Å². The molecule has 5 N–H and O–H groups in total. The lowest BCUT2D eigenvalue weighted by molar-refractivity contribution is 0.0999. The number of thiophene rings is 1. The number of amides is 2. The Morgan fingerprint density at radius 2 is 1.62 bits per heavy atom. The van der Waals surface area contributed by atoms with Crippen molar-refractivity contribution in [2.24, 2.45) is 11.5 Å². The Kier molecular flexibility index (Phi) is 5.02. The molecule has 5 nitrogen and oxygen atoms in total. The lowest BCUT2D eigenvalue weighted by Crippen LogP contribution is -2.16.